The van der Waals surface area contributed by atoms with E-state index in [1.807, 2.05) is 0 Å². The second-order valence-corrected chi connectivity index (χ2v) is 5.45. The Morgan fingerprint density at radius 1 is 1.20 bits per heavy atom. The Morgan fingerprint density at radius 2 is 1.96 bits per heavy atom. The molecular formula is C18H16N2O5. The van der Waals surface area contributed by atoms with Crippen molar-refractivity contribution in [3.05, 3.63) is 59.2 Å². The van der Waals surface area contributed by atoms with Gasteiger partial charge in [0.2, 0.25) is 0 Å². The Morgan fingerprint density at radius 3 is 2.68 bits per heavy atom. The molecule has 2 aromatic carbocycles. The average Bonchev–Trinajstić information content (AvgIpc) is 2.80. The zero-order valence-electron chi connectivity index (χ0n) is 13.5. The Kier molecular flexibility index (Phi) is 4.38. The third kappa shape index (κ3) is 3.03. The minimum atomic E-state index is -1.13. The van der Waals surface area contributed by atoms with Crippen LogP contribution in [0.2, 0.25) is 0 Å². The Labute approximate surface area is 143 Å². The molecule has 0 bridgehead atoms. The zero-order valence-corrected chi connectivity index (χ0v) is 13.5. The molecule has 2 amide bonds. The van der Waals surface area contributed by atoms with Gasteiger partial charge >= 0.3 is 5.97 Å². The quantitative estimate of drug-likeness (QED) is 0.888. The van der Waals surface area contributed by atoms with Gasteiger partial charge in [-0.15, -0.1) is 0 Å². The predicted molar refractivity (Wildman–Crippen MR) is 90.4 cm³/mol. The lowest BCUT2D eigenvalue weighted by molar-refractivity contribution is 0.0692. The van der Waals surface area contributed by atoms with Crippen molar-refractivity contribution in [1.82, 2.24) is 5.32 Å². The van der Waals surface area contributed by atoms with E-state index in [2.05, 4.69) is 5.32 Å². The maximum atomic E-state index is 13.0. The second-order valence-electron chi connectivity index (χ2n) is 5.45. The van der Waals surface area contributed by atoms with Crippen molar-refractivity contribution in [2.75, 3.05) is 25.1 Å². The Bertz CT molecular complexity index is 862. The molecule has 25 heavy (non-hydrogen) atoms. The molecule has 1 aliphatic heterocycles. The first kappa shape index (κ1) is 16.5. The van der Waals surface area contributed by atoms with E-state index in [4.69, 9.17) is 9.84 Å². The highest BCUT2D eigenvalue weighted by Gasteiger charge is 2.26. The topological polar surface area (TPSA) is 95.9 Å². The molecule has 2 aromatic rings. The van der Waals surface area contributed by atoms with Gasteiger partial charge in [0.15, 0.2) is 0 Å². The number of methoxy groups -OCH3 is 1. The smallest absolute Gasteiger partial charge is 0.339 e. The Balaban J connectivity index is 2.02. The summed E-state index contributed by atoms with van der Waals surface area (Å²) in [5, 5.41) is 11.9. The van der Waals surface area contributed by atoms with Crippen LogP contribution < -0.4 is 15.0 Å². The number of carbonyl (C=O) groups excluding carboxylic acids is 2. The second kappa shape index (κ2) is 6.64. The first-order valence-corrected chi connectivity index (χ1v) is 7.63. The lowest BCUT2D eigenvalue weighted by atomic mass is 10.1. The van der Waals surface area contributed by atoms with Gasteiger partial charge in [-0.25, -0.2) is 4.79 Å². The number of carboxylic acids is 1. The van der Waals surface area contributed by atoms with Crippen molar-refractivity contribution in [3.8, 4) is 5.75 Å². The molecule has 1 heterocycles. The molecule has 3 rings (SSSR count). The van der Waals surface area contributed by atoms with E-state index >= 15 is 0 Å². The number of amides is 2. The van der Waals surface area contributed by atoms with Gasteiger partial charge in [0.05, 0.1) is 18.4 Å². The summed E-state index contributed by atoms with van der Waals surface area (Å²) in [7, 11) is 1.35. The molecule has 7 heteroatoms. The molecule has 1 aliphatic rings. The lowest BCUT2D eigenvalue weighted by Gasteiger charge is -2.22. The number of ether oxygens (including phenoxy) is 1. The number of fused-ring (bicyclic) bond motifs is 1. The number of carboxylic acid groups (broad SMARTS) is 1. The van der Waals surface area contributed by atoms with Gasteiger partial charge in [0.25, 0.3) is 11.8 Å². The van der Waals surface area contributed by atoms with E-state index < -0.39 is 5.97 Å². The van der Waals surface area contributed by atoms with Gasteiger partial charge in [0.1, 0.15) is 11.3 Å². The average molecular weight is 340 g/mol. The van der Waals surface area contributed by atoms with Gasteiger partial charge in [-0.05, 0) is 30.3 Å². The fourth-order valence-electron chi connectivity index (χ4n) is 2.77. The van der Waals surface area contributed by atoms with Crippen molar-refractivity contribution < 1.29 is 24.2 Å². The summed E-state index contributed by atoms with van der Waals surface area (Å²) in [6.07, 6.45) is 0. The molecule has 0 unspecified atom stereocenters. The van der Waals surface area contributed by atoms with Gasteiger partial charge < -0.3 is 20.1 Å². The molecular weight excluding hydrogens is 324 g/mol. The molecule has 0 saturated carbocycles. The van der Waals surface area contributed by atoms with Crippen LogP contribution in [0.25, 0.3) is 0 Å². The van der Waals surface area contributed by atoms with E-state index in [0.717, 1.165) is 0 Å². The lowest BCUT2D eigenvalue weighted by Crippen LogP contribution is -2.35. The van der Waals surface area contributed by atoms with Gasteiger partial charge in [-0.3, -0.25) is 9.59 Å². The van der Waals surface area contributed by atoms with Crippen molar-refractivity contribution >= 4 is 23.5 Å². The zero-order chi connectivity index (χ0) is 18.0. The van der Waals surface area contributed by atoms with Crippen LogP contribution in [-0.2, 0) is 0 Å². The summed E-state index contributed by atoms with van der Waals surface area (Å²) in [5.74, 6) is -1.59. The van der Waals surface area contributed by atoms with E-state index in [1.165, 1.54) is 30.2 Å². The fraction of sp³-hybridized carbons (Fsp3) is 0.167. The van der Waals surface area contributed by atoms with Crippen molar-refractivity contribution in [2.45, 2.75) is 0 Å². The van der Waals surface area contributed by atoms with Crippen LogP contribution in [0.15, 0.2) is 42.5 Å². The SMILES string of the molecule is COc1cc(C(=O)N2CCNC(=O)c3ccccc32)ccc1C(=O)O. The molecule has 0 atom stereocenters. The van der Waals surface area contributed by atoms with E-state index in [1.54, 1.807) is 24.3 Å². The number of nitrogens with zero attached hydrogens (tertiary/aromatic N) is 1. The summed E-state index contributed by atoms with van der Waals surface area (Å²) >= 11 is 0. The van der Waals surface area contributed by atoms with E-state index in [9.17, 15) is 14.4 Å². The molecule has 0 spiro atoms. The van der Waals surface area contributed by atoms with Crippen LogP contribution in [0.1, 0.15) is 31.1 Å². The highest BCUT2D eigenvalue weighted by atomic mass is 16.5. The number of rotatable bonds is 3. The number of carbonyl (C=O) groups is 3. The largest absolute Gasteiger partial charge is 0.496 e. The van der Waals surface area contributed by atoms with Crippen LogP contribution in [0.3, 0.4) is 0 Å². The number of para-hydroxylation sites is 1. The number of benzene rings is 2. The molecule has 0 aliphatic carbocycles. The third-order valence-electron chi connectivity index (χ3n) is 3.98. The highest BCUT2D eigenvalue weighted by Crippen LogP contribution is 2.26. The van der Waals surface area contributed by atoms with E-state index in [-0.39, 0.29) is 28.7 Å². The summed E-state index contributed by atoms with van der Waals surface area (Å²) in [4.78, 5) is 37.7. The summed E-state index contributed by atoms with van der Waals surface area (Å²) in [5.41, 5.74) is 1.20. The fourth-order valence-corrected chi connectivity index (χ4v) is 2.77. The molecule has 128 valence electrons. The number of hydrogen-bond donors (Lipinski definition) is 2. The number of hydrogen-bond acceptors (Lipinski definition) is 4. The van der Waals surface area contributed by atoms with Gasteiger partial charge in [-0.1, -0.05) is 12.1 Å². The van der Waals surface area contributed by atoms with Crippen LogP contribution in [0, 0.1) is 0 Å². The van der Waals surface area contributed by atoms with Crippen LogP contribution >= 0.6 is 0 Å². The standard InChI is InChI=1S/C18H16N2O5/c1-25-15-10-11(6-7-13(15)18(23)24)17(22)20-9-8-19-16(21)12-4-2-3-5-14(12)20/h2-7,10H,8-9H2,1H3,(H,19,21)(H,23,24). The maximum absolute atomic E-state index is 13.0. The van der Waals surface area contributed by atoms with E-state index in [0.29, 0.717) is 24.3 Å². The molecule has 0 aromatic heterocycles. The summed E-state index contributed by atoms with van der Waals surface area (Å²) in [6, 6.07) is 11.0. The van der Waals surface area contributed by atoms with Crippen molar-refractivity contribution in [2.24, 2.45) is 0 Å². The predicted octanol–water partition coefficient (Wildman–Crippen LogP) is 1.78. The Hall–Kier alpha value is -3.35. The molecule has 2 N–H and O–H groups in total. The first-order valence-electron chi connectivity index (χ1n) is 7.63. The number of anilines is 1. The first-order chi connectivity index (χ1) is 12.0. The molecule has 0 saturated heterocycles. The summed E-state index contributed by atoms with van der Waals surface area (Å²) in [6.45, 7) is 0.633. The normalized spacial score (nSPS) is 13.5. The summed E-state index contributed by atoms with van der Waals surface area (Å²) < 4.78 is 5.08. The maximum Gasteiger partial charge on any atom is 0.339 e. The van der Waals surface area contributed by atoms with Crippen LogP contribution in [0.5, 0.6) is 5.75 Å². The number of nitrogens with one attached hydrogen (secondary N) is 1. The molecule has 0 radical (unpaired) electrons. The van der Waals surface area contributed by atoms with Crippen molar-refractivity contribution in [3.63, 3.8) is 0 Å². The molecule has 7 nitrogen and oxygen atoms in total. The highest BCUT2D eigenvalue weighted by molar-refractivity contribution is 6.11. The number of aromatic carboxylic acids is 1. The molecule has 0 fully saturated rings. The monoisotopic (exact) mass is 340 g/mol. The minimum absolute atomic E-state index is 0.0211. The van der Waals surface area contributed by atoms with Gasteiger partial charge in [0, 0.05) is 18.7 Å². The van der Waals surface area contributed by atoms with Crippen molar-refractivity contribution in [1.29, 1.82) is 0 Å². The van der Waals surface area contributed by atoms with Crippen LogP contribution in [-0.4, -0.2) is 43.1 Å². The van der Waals surface area contributed by atoms with Crippen LogP contribution in [0.4, 0.5) is 5.69 Å². The minimum Gasteiger partial charge on any atom is -0.496 e. The van der Waals surface area contributed by atoms with Gasteiger partial charge in [-0.2, -0.15) is 0 Å². The third-order valence-corrected chi connectivity index (χ3v) is 3.98.